The molecule has 1 aliphatic rings. The van der Waals surface area contributed by atoms with Gasteiger partial charge in [-0.15, -0.1) is 0 Å². The van der Waals surface area contributed by atoms with Gasteiger partial charge in [-0.2, -0.15) is 0 Å². The van der Waals surface area contributed by atoms with Crippen molar-refractivity contribution in [3.05, 3.63) is 12.2 Å². The predicted octanol–water partition coefficient (Wildman–Crippen LogP) is 6.38. The molecule has 0 aliphatic heterocycles. The summed E-state index contributed by atoms with van der Waals surface area (Å²) in [6, 6.07) is 0. The van der Waals surface area contributed by atoms with Gasteiger partial charge in [0, 0.05) is 0 Å². The van der Waals surface area contributed by atoms with Crippen molar-refractivity contribution in [2.75, 3.05) is 0 Å². The Hall–Kier alpha value is -0.150. The van der Waals surface area contributed by atoms with E-state index in [1.54, 1.807) is 0 Å². The molecule has 0 aromatic rings. The van der Waals surface area contributed by atoms with E-state index in [2.05, 4.69) is 19.1 Å². The van der Waals surface area contributed by atoms with Crippen LogP contribution in [0.1, 0.15) is 97.3 Å². The second kappa shape index (κ2) is 13.1. The molecular weight excluding hydrogens is 335 g/mol. The van der Waals surface area contributed by atoms with Crippen molar-refractivity contribution in [3.8, 4) is 0 Å². The first-order valence-corrected chi connectivity index (χ1v) is 11.9. The number of unbranched alkanes of at least 4 members (excludes halogenated alkanes) is 10. The van der Waals surface area contributed by atoms with E-state index in [-0.39, 0.29) is 12.0 Å². The van der Waals surface area contributed by atoms with Gasteiger partial charge >= 0.3 is 7.82 Å². The van der Waals surface area contributed by atoms with E-state index >= 15 is 0 Å². The molecule has 0 amide bonds. The molecule has 1 rings (SSSR count). The van der Waals surface area contributed by atoms with Crippen molar-refractivity contribution in [1.29, 1.82) is 0 Å². The van der Waals surface area contributed by atoms with Gasteiger partial charge < -0.3 is 9.79 Å². The zero-order valence-electron chi connectivity index (χ0n) is 16.2. The molecule has 5 heteroatoms. The Balaban J connectivity index is 1.85. The SMILES string of the molecule is CCCCCCCC/C=C\CCCCCCC1C(C)C1OP(=O)(O)O. The van der Waals surface area contributed by atoms with Crippen molar-refractivity contribution >= 4 is 7.82 Å². The second-order valence-corrected chi connectivity index (χ2v) is 8.79. The molecule has 3 atom stereocenters. The molecule has 0 spiro atoms. The lowest BCUT2D eigenvalue weighted by Crippen LogP contribution is -1.95. The van der Waals surface area contributed by atoms with Gasteiger partial charge in [-0.3, -0.25) is 4.52 Å². The smallest absolute Gasteiger partial charge is 0.303 e. The quantitative estimate of drug-likeness (QED) is 0.187. The van der Waals surface area contributed by atoms with Gasteiger partial charge in [0.25, 0.3) is 0 Å². The zero-order valence-corrected chi connectivity index (χ0v) is 17.1. The Labute approximate surface area is 154 Å². The number of rotatable bonds is 16. The van der Waals surface area contributed by atoms with Crippen LogP contribution in [0.3, 0.4) is 0 Å². The fourth-order valence-corrected chi connectivity index (χ4v) is 4.20. The van der Waals surface area contributed by atoms with Crippen LogP contribution in [-0.2, 0) is 9.09 Å². The standard InChI is InChI=1S/C20H39O4P/c1-3-4-5-6-7-8-9-10-11-12-13-14-15-16-17-19-18(2)20(19)24-25(21,22)23/h10-11,18-20H,3-9,12-17H2,1-2H3,(H2,21,22,23)/b11-10-. The van der Waals surface area contributed by atoms with Crippen LogP contribution < -0.4 is 0 Å². The minimum absolute atomic E-state index is 0.231. The summed E-state index contributed by atoms with van der Waals surface area (Å²) in [5.74, 6) is 0.627. The largest absolute Gasteiger partial charge is 0.469 e. The van der Waals surface area contributed by atoms with Gasteiger partial charge in [0.15, 0.2) is 0 Å². The molecule has 1 saturated carbocycles. The molecule has 2 N–H and O–H groups in total. The van der Waals surface area contributed by atoms with Crippen molar-refractivity contribution in [3.63, 3.8) is 0 Å². The second-order valence-electron chi connectivity index (χ2n) is 7.60. The van der Waals surface area contributed by atoms with Crippen molar-refractivity contribution in [2.24, 2.45) is 11.8 Å². The number of allylic oxidation sites excluding steroid dienone is 2. The monoisotopic (exact) mass is 374 g/mol. The molecular formula is C20H39O4P. The van der Waals surface area contributed by atoms with Gasteiger partial charge in [0.1, 0.15) is 0 Å². The maximum atomic E-state index is 10.8. The van der Waals surface area contributed by atoms with Gasteiger partial charge in [-0.05, 0) is 43.9 Å². The molecule has 1 aliphatic carbocycles. The van der Waals surface area contributed by atoms with Crippen LogP contribution in [0.15, 0.2) is 12.2 Å². The Morgan fingerprint density at radius 2 is 1.40 bits per heavy atom. The summed E-state index contributed by atoms with van der Waals surface area (Å²) in [4.78, 5) is 17.7. The van der Waals surface area contributed by atoms with Crippen LogP contribution in [0.2, 0.25) is 0 Å². The maximum absolute atomic E-state index is 10.8. The van der Waals surface area contributed by atoms with E-state index in [9.17, 15) is 4.57 Å². The summed E-state index contributed by atoms with van der Waals surface area (Å²) in [5, 5.41) is 0. The van der Waals surface area contributed by atoms with Crippen LogP contribution in [0.4, 0.5) is 0 Å². The average molecular weight is 375 g/mol. The van der Waals surface area contributed by atoms with E-state index < -0.39 is 7.82 Å². The average Bonchev–Trinajstić information content (AvgIpc) is 3.13. The highest BCUT2D eigenvalue weighted by Gasteiger charge is 2.50. The van der Waals surface area contributed by atoms with Crippen molar-refractivity contribution < 1.29 is 18.9 Å². The van der Waals surface area contributed by atoms with E-state index in [1.165, 1.54) is 70.6 Å². The first-order valence-electron chi connectivity index (χ1n) is 10.3. The molecule has 1 fully saturated rings. The highest BCUT2D eigenvalue weighted by atomic mass is 31.2. The molecule has 0 radical (unpaired) electrons. The summed E-state index contributed by atoms with van der Waals surface area (Å²) >= 11 is 0. The summed E-state index contributed by atoms with van der Waals surface area (Å²) in [7, 11) is -4.31. The van der Waals surface area contributed by atoms with Crippen molar-refractivity contribution in [1.82, 2.24) is 0 Å². The lowest BCUT2D eigenvalue weighted by atomic mass is 10.1. The van der Waals surface area contributed by atoms with Gasteiger partial charge in [0.05, 0.1) is 6.10 Å². The third-order valence-electron chi connectivity index (χ3n) is 5.28. The van der Waals surface area contributed by atoms with Crippen LogP contribution in [0.5, 0.6) is 0 Å². The molecule has 0 aromatic heterocycles. The molecule has 0 saturated heterocycles. The molecule has 148 valence electrons. The first kappa shape index (κ1) is 22.9. The van der Waals surface area contributed by atoms with Crippen LogP contribution in [0.25, 0.3) is 0 Å². The number of hydrogen-bond acceptors (Lipinski definition) is 2. The fraction of sp³-hybridized carbons (Fsp3) is 0.900. The number of phosphoric ester groups is 1. The van der Waals surface area contributed by atoms with Gasteiger partial charge in [-0.1, -0.05) is 77.4 Å². The first-order chi connectivity index (χ1) is 12.0. The van der Waals surface area contributed by atoms with E-state index in [1.807, 2.05) is 6.92 Å². The van der Waals surface area contributed by atoms with Crippen LogP contribution >= 0.6 is 7.82 Å². The predicted molar refractivity (Wildman–Crippen MR) is 104 cm³/mol. The minimum Gasteiger partial charge on any atom is -0.303 e. The fourth-order valence-electron chi connectivity index (χ4n) is 3.54. The summed E-state index contributed by atoms with van der Waals surface area (Å²) in [6.07, 6.45) is 20.9. The minimum atomic E-state index is -4.31. The van der Waals surface area contributed by atoms with E-state index in [0.29, 0.717) is 5.92 Å². The van der Waals surface area contributed by atoms with Gasteiger partial charge in [-0.25, -0.2) is 4.57 Å². The number of phosphoric acid groups is 1. The van der Waals surface area contributed by atoms with Crippen LogP contribution in [0, 0.1) is 11.8 Å². The third-order valence-corrected chi connectivity index (χ3v) is 5.80. The Morgan fingerprint density at radius 3 is 1.96 bits per heavy atom. The lowest BCUT2D eigenvalue weighted by Gasteiger charge is -2.04. The number of hydrogen-bond donors (Lipinski definition) is 2. The summed E-state index contributed by atoms with van der Waals surface area (Å²) < 4.78 is 15.6. The summed E-state index contributed by atoms with van der Waals surface area (Å²) in [5.41, 5.74) is 0. The molecule has 25 heavy (non-hydrogen) atoms. The molecule has 0 heterocycles. The van der Waals surface area contributed by atoms with Crippen molar-refractivity contribution in [2.45, 2.75) is 103 Å². The highest BCUT2D eigenvalue weighted by molar-refractivity contribution is 7.46. The third kappa shape index (κ3) is 12.0. The Bertz CT molecular complexity index is 405. The molecule has 0 bridgehead atoms. The van der Waals surface area contributed by atoms with Crippen LogP contribution in [-0.4, -0.2) is 15.9 Å². The Kier molecular flexibility index (Phi) is 12.0. The van der Waals surface area contributed by atoms with E-state index in [4.69, 9.17) is 14.3 Å². The maximum Gasteiger partial charge on any atom is 0.469 e. The molecule has 4 nitrogen and oxygen atoms in total. The topological polar surface area (TPSA) is 66.8 Å². The zero-order chi connectivity index (χ0) is 18.5. The molecule has 0 aromatic carbocycles. The normalized spacial score (nSPS) is 23.4. The molecule has 3 unspecified atom stereocenters. The van der Waals surface area contributed by atoms with E-state index in [0.717, 1.165) is 12.8 Å². The van der Waals surface area contributed by atoms with Gasteiger partial charge in [0.2, 0.25) is 0 Å². The lowest BCUT2D eigenvalue weighted by molar-refractivity contribution is 0.173. The Morgan fingerprint density at radius 1 is 0.880 bits per heavy atom. The summed E-state index contributed by atoms with van der Waals surface area (Å²) in [6.45, 7) is 4.27. The highest BCUT2D eigenvalue weighted by Crippen LogP contribution is 2.53.